The summed E-state index contributed by atoms with van der Waals surface area (Å²) in [7, 11) is 0. The zero-order valence-electron chi connectivity index (χ0n) is 11.0. The molecule has 0 spiro atoms. The molecule has 1 aliphatic rings. The van der Waals surface area contributed by atoms with E-state index >= 15 is 0 Å². The predicted octanol–water partition coefficient (Wildman–Crippen LogP) is 2.50. The molecule has 104 valence electrons. The minimum atomic E-state index is -0.948. The molecule has 0 saturated carbocycles. The van der Waals surface area contributed by atoms with Gasteiger partial charge in [-0.2, -0.15) is 0 Å². The van der Waals surface area contributed by atoms with Gasteiger partial charge in [0.15, 0.2) is 5.69 Å². The van der Waals surface area contributed by atoms with E-state index in [1.54, 1.807) is 12.4 Å². The van der Waals surface area contributed by atoms with Crippen molar-refractivity contribution < 1.29 is 9.90 Å². The lowest BCUT2D eigenvalue weighted by Gasteiger charge is -2.12. The van der Waals surface area contributed by atoms with Crippen molar-refractivity contribution in [1.29, 1.82) is 0 Å². The maximum atomic E-state index is 11.4. The molecule has 1 saturated heterocycles. The van der Waals surface area contributed by atoms with E-state index in [1.165, 1.54) is 24.2 Å². The van der Waals surface area contributed by atoms with Crippen LogP contribution in [0, 0.1) is 0 Å². The van der Waals surface area contributed by atoms with Crippen LogP contribution in [0.2, 0.25) is 0 Å². The summed E-state index contributed by atoms with van der Waals surface area (Å²) in [5.74, 6) is -0.948. The average molecular weight is 289 g/mol. The Hall–Kier alpha value is -1.79. The third-order valence-corrected chi connectivity index (χ3v) is 4.48. The molecule has 1 aliphatic heterocycles. The van der Waals surface area contributed by atoms with Crippen LogP contribution in [0.25, 0.3) is 10.6 Å². The number of pyridine rings is 1. The van der Waals surface area contributed by atoms with Crippen LogP contribution in [0.5, 0.6) is 0 Å². The average Bonchev–Trinajstić information content (AvgIpc) is 3.10. The maximum absolute atomic E-state index is 11.4. The number of rotatable bonds is 4. The summed E-state index contributed by atoms with van der Waals surface area (Å²) in [6.45, 7) is 2.77. The number of carboxylic acid groups (broad SMARTS) is 1. The van der Waals surface area contributed by atoms with Crippen molar-refractivity contribution in [2.24, 2.45) is 0 Å². The van der Waals surface area contributed by atoms with Gasteiger partial charge in [0, 0.05) is 24.5 Å². The van der Waals surface area contributed by atoms with Crippen LogP contribution >= 0.6 is 11.3 Å². The van der Waals surface area contributed by atoms with Crippen molar-refractivity contribution in [3.05, 3.63) is 35.1 Å². The lowest BCUT2D eigenvalue weighted by Crippen LogP contribution is -2.19. The summed E-state index contributed by atoms with van der Waals surface area (Å²) in [6, 6.07) is 3.70. The van der Waals surface area contributed by atoms with Crippen LogP contribution in [-0.4, -0.2) is 39.0 Å². The molecule has 0 bridgehead atoms. The molecule has 2 aromatic rings. The van der Waals surface area contributed by atoms with Crippen molar-refractivity contribution in [1.82, 2.24) is 14.9 Å². The second-order valence-electron chi connectivity index (χ2n) is 4.82. The molecule has 0 amide bonds. The molecule has 3 rings (SSSR count). The van der Waals surface area contributed by atoms with Gasteiger partial charge in [-0.05, 0) is 38.1 Å². The normalized spacial score (nSPS) is 15.6. The Balaban J connectivity index is 1.92. The van der Waals surface area contributed by atoms with Crippen molar-refractivity contribution in [2.45, 2.75) is 19.4 Å². The Morgan fingerprint density at radius 3 is 2.65 bits per heavy atom. The van der Waals surface area contributed by atoms with E-state index in [-0.39, 0.29) is 5.69 Å². The number of aromatic nitrogens is 2. The monoisotopic (exact) mass is 289 g/mol. The van der Waals surface area contributed by atoms with Crippen LogP contribution < -0.4 is 0 Å². The molecule has 20 heavy (non-hydrogen) atoms. The van der Waals surface area contributed by atoms with Gasteiger partial charge < -0.3 is 5.11 Å². The molecule has 5 nitrogen and oxygen atoms in total. The van der Waals surface area contributed by atoms with Crippen LogP contribution in [-0.2, 0) is 6.54 Å². The molecule has 3 heterocycles. The number of nitrogens with zero attached hydrogens (tertiary/aromatic N) is 3. The van der Waals surface area contributed by atoms with Crippen LogP contribution in [0.15, 0.2) is 24.5 Å². The fraction of sp³-hybridized carbons (Fsp3) is 0.357. The third kappa shape index (κ3) is 2.71. The van der Waals surface area contributed by atoms with E-state index in [1.807, 2.05) is 12.1 Å². The van der Waals surface area contributed by atoms with Crippen molar-refractivity contribution in [2.75, 3.05) is 13.1 Å². The fourth-order valence-corrected chi connectivity index (χ4v) is 3.49. The molecule has 6 heteroatoms. The zero-order chi connectivity index (χ0) is 13.9. The highest BCUT2D eigenvalue weighted by molar-refractivity contribution is 7.15. The van der Waals surface area contributed by atoms with Gasteiger partial charge in [0.1, 0.15) is 5.01 Å². The molecule has 1 N–H and O–H groups in total. The van der Waals surface area contributed by atoms with Gasteiger partial charge in [-0.3, -0.25) is 9.88 Å². The zero-order valence-corrected chi connectivity index (χ0v) is 11.8. The van der Waals surface area contributed by atoms with E-state index in [4.69, 9.17) is 0 Å². The lowest BCUT2D eigenvalue weighted by molar-refractivity contribution is 0.0689. The summed E-state index contributed by atoms with van der Waals surface area (Å²) in [6.07, 6.45) is 5.77. The minimum absolute atomic E-state index is 0.189. The second-order valence-corrected chi connectivity index (χ2v) is 5.90. The van der Waals surface area contributed by atoms with Gasteiger partial charge in [-0.25, -0.2) is 9.78 Å². The highest BCUT2D eigenvalue weighted by Crippen LogP contribution is 2.29. The highest BCUT2D eigenvalue weighted by atomic mass is 32.1. The van der Waals surface area contributed by atoms with Crippen molar-refractivity contribution >= 4 is 17.3 Å². The van der Waals surface area contributed by atoms with E-state index in [9.17, 15) is 9.90 Å². The van der Waals surface area contributed by atoms with E-state index < -0.39 is 5.97 Å². The molecule has 0 aliphatic carbocycles. The molecule has 1 fully saturated rings. The standard InChI is InChI=1S/C14H15N3O2S/c18-14(19)12-11(9-17-7-1-2-8-17)20-13(16-12)10-3-5-15-6-4-10/h3-6H,1-2,7-9H2,(H,18,19). The predicted molar refractivity (Wildman–Crippen MR) is 76.8 cm³/mol. The Morgan fingerprint density at radius 2 is 2.00 bits per heavy atom. The largest absolute Gasteiger partial charge is 0.476 e. The summed E-state index contributed by atoms with van der Waals surface area (Å²) < 4.78 is 0. The first-order valence-electron chi connectivity index (χ1n) is 6.60. The number of hydrogen-bond donors (Lipinski definition) is 1. The highest BCUT2D eigenvalue weighted by Gasteiger charge is 2.21. The molecule has 0 atom stereocenters. The molecule has 0 radical (unpaired) electrons. The van der Waals surface area contributed by atoms with Crippen LogP contribution in [0.4, 0.5) is 0 Å². The number of aromatic carboxylic acids is 1. The van der Waals surface area contributed by atoms with E-state index in [0.717, 1.165) is 28.5 Å². The first kappa shape index (κ1) is 13.2. The second kappa shape index (κ2) is 5.68. The number of hydrogen-bond acceptors (Lipinski definition) is 5. The molecular formula is C14H15N3O2S. The summed E-state index contributed by atoms with van der Waals surface area (Å²) in [5, 5.41) is 10.1. The Bertz CT molecular complexity index is 606. The molecule has 0 aromatic carbocycles. The summed E-state index contributed by atoms with van der Waals surface area (Å²) >= 11 is 1.47. The van der Waals surface area contributed by atoms with Gasteiger partial charge >= 0.3 is 5.97 Å². The third-order valence-electron chi connectivity index (χ3n) is 3.39. The van der Waals surface area contributed by atoms with Crippen LogP contribution in [0.3, 0.4) is 0 Å². The first-order valence-corrected chi connectivity index (χ1v) is 7.41. The van der Waals surface area contributed by atoms with Gasteiger partial charge in [-0.15, -0.1) is 11.3 Å². The maximum Gasteiger partial charge on any atom is 0.355 e. The molecule has 0 unspecified atom stereocenters. The van der Waals surface area contributed by atoms with Gasteiger partial charge in [0.25, 0.3) is 0 Å². The lowest BCUT2D eigenvalue weighted by atomic mass is 10.3. The van der Waals surface area contributed by atoms with Gasteiger partial charge in [0.2, 0.25) is 0 Å². The fourth-order valence-electron chi connectivity index (χ4n) is 2.39. The first-order chi connectivity index (χ1) is 9.74. The number of likely N-dealkylation sites (tertiary alicyclic amines) is 1. The molecular weight excluding hydrogens is 274 g/mol. The van der Waals surface area contributed by atoms with E-state index in [0.29, 0.717) is 6.54 Å². The smallest absolute Gasteiger partial charge is 0.355 e. The molecule has 2 aromatic heterocycles. The Labute approximate surface area is 120 Å². The Morgan fingerprint density at radius 1 is 1.30 bits per heavy atom. The SMILES string of the molecule is O=C(O)c1nc(-c2ccncc2)sc1CN1CCCC1. The van der Waals surface area contributed by atoms with Gasteiger partial charge in [-0.1, -0.05) is 0 Å². The summed E-state index contributed by atoms with van der Waals surface area (Å²) in [4.78, 5) is 22.7. The topological polar surface area (TPSA) is 66.3 Å². The summed E-state index contributed by atoms with van der Waals surface area (Å²) in [5.41, 5.74) is 1.11. The Kier molecular flexibility index (Phi) is 3.75. The number of carbonyl (C=O) groups is 1. The quantitative estimate of drug-likeness (QED) is 0.936. The van der Waals surface area contributed by atoms with Crippen molar-refractivity contribution in [3.63, 3.8) is 0 Å². The van der Waals surface area contributed by atoms with Crippen molar-refractivity contribution in [3.8, 4) is 10.6 Å². The minimum Gasteiger partial charge on any atom is -0.476 e. The van der Waals surface area contributed by atoms with Gasteiger partial charge in [0.05, 0.1) is 4.88 Å². The van der Waals surface area contributed by atoms with Crippen LogP contribution in [0.1, 0.15) is 28.2 Å². The number of carboxylic acids is 1. The van der Waals surface area contributed by atoms with E-state index in [2.05, 4.69) is 14.9 Å². The number of thiazole rings is 1.